The summed E-state index contributed by atoms with van der Waals surface area (Å²) in [5.74, 6) is 0.344. The van der Waals surface area contributed by atoms with Crippen molar-refractivity contribution in [3.05, 3.63) is 0 Å². The van der Waals surface area contributed by atoms with Crippen molar-refractivity contribution in [3.63, 3.8) is 0 Å². The molecule has 1 unspecified atom stereocenters. The minimum absolute atomic E-state index is 0.0580. The number of imide groups is 1. The van der Waals surface area contributed by atoms with Crippen LogP contribution in [-0.4, -0.2) is 11.8 Å². The molecule has 1 rings (SSSR count). The minimum atomic E-state index is -0.110. The van der Waals surface area contributed by atoms with Crippen LogP contribution in [0, 0.1) is 11.8 Å². The Kier molecular flexibility index (Phi) is 3.46. The minimum Gasteiger partial charge on any atom is -0.296 e. The molecule has 1 aliphatic rings. The highest BCUT2D eigenvalue weighted by molar-refractivity contribution is 6.03. The molecule has 0 aromatic carbocycles. The lowest BCUT2D eigenvalue weighted by molar-refractivity contribution is -0.126. The molecule has 0 aliphatic carbocycles. The number of carbonyl (C=O) groups excluding carboxylic acids is 2. The predicted molar refractivity (Wildman–Crippen MR) is 49.9 cm³/mol. The Morgan fingerprint density at radius 2 is 2.00 bits per heavy atom. The van der Waals surface area contributed by atoms with Crippen molar-refractivity contribution < 1.29 is 9.59 Å². The quantitative estimate of drug-likeness (QED) is 0.671. The number of nitrogens with one attached hydrogen (secondary N) is 1. The first-order chi connectivity index (χ1) is 6.17. The van der Waals surface area contributed by atoms with Crippen LogP contribution in [0.4, 0.5) is 0 Å². The summed E-state index contributed by atoms with van der Waals surface area (Å²) < 4.78 is 0. The lowest BCUT2D eigenvalue weighted by Gasteiger charge is -2.14. The van der Waals surface area contributed by atoms with Gasteiger partial charge in [0.25, 0.3) is 0 Å². The Hall–Kier alpha value is -0.860. The van der Waals surface area contributed by atoms with Crippen LogP contribution in [0.2, 0.25) is 0 Å². The normalized spacial score (nSPS) is 22.5. The summed E-state index contributed by atoms with van der Waals surface area (Å²) in [5.41, 5.74) is 0. The van der Waals surface area contributed by atoms with Gasteiger partial charge >= 0.3 is 0 Å². The van der Waals surface area contributed by atoms with E-state index in [2.05, 4.69) is 19.2 Å². The van der Waals surface area contributed by atoms with Crippen molar-refractivity contribution in [3.8, 4) is 0 Å². The number of carbonyl (C=O) groups is 2. The topological polar surface area (TPSA) is 46.2 Å². The highest BCUT2D eigenvalue weighted by atomic mass is 16.2. The van der Waals surface area contributed by atoms with Crippen LogP contribution >= 0.6 is 0 Å². The van der Waals surface area contributed by atoms with Crippen molar-refractivity contribution in [1.29, 1.82) is 0 Å². The fourth-order valence-electron chi connectivity index (χ4n) is 1.82. The third kappa shape index (κ3) is 2.54. The van der Waals surface area contributed by atoms with Gasteiger partial charge in [0.05, 0.1) is 0 Å². The Morgan fingerprint density at radius 3 is 2.38 bits per heavy atom. The first kappa shape index (κ1) is 10.2. The number of amides is 2. The van der Waals surface area contributed by atoms with Gasteiger partial charge < -0.3 is 0 Å². The second-order valence-corrected chi connectivity index (χ2v) is 3.73. The fraction of sp³-hybridized carbons (Fsp3) is 0.800. The van der Waals surface area contributed by atoms with Crippen LogP contribution in [0.3, 0.4) is 0 Å². The Labute approximate surface area is 78.9 Å². The average Bonchev–Trinajstić information content (AvgIpc) is 2.41. The number of hydrogen-bond donors (Lipinski definition) is 1. The highest BCUT2D eigenvalue weighted by Gasteiger charge is 2.31. The summed E-state index contributed by atoms with van der Waals surface area (Å²) in [4.78, 5) is 22.1. The van der Waals surface area contributed by atoms with E-state index in [0.717, 1.165) is 19.3 Å². The molecule has 3 nitrogen and oxygen atoms in total. The molecule has 0 bridgehead atoms. The molecular formula is C10H17NO2. The van der Waals surface area contributed by atoms with Crippen molar-refractivity contribution in [1.82, 2.24) is 5.32 Å². The van der Waals surface area contributed by atoms with Crippen LogP contribution in [-0.2, 0) is 9.59 Å². The zero-order valence-corrected chi connectivity index (χ0v) is 8.30. The zero-order valence-electron chi connectivity index (χ0n) is 8.30. The molecule has 0 radical (unpaired) electrons. The smallest absolute Gasteiger partial charge is 0.230 e. The van der Waals surface area contributed by atoms with Crippen molar-refractivity contribution >= 4 is 11.8 Å². The average molecular weight is 183 g/mol. The SMILES string of the molecule is CCC(CC)CC1CC(=O)NC1=O. The largest absolute Gasteiger partial charge is 0.296 e. The molecule has 1 fully saturated rings. The van der Waals surface area contributed by atoms with E-state index in [9.17, 15) is 9.59 Å². The second kappa shape index (κ2) is 4.40. The van der Waals surface area contributed by atoms with Gasteiger partial charge in [-0.2, -0.15) is 0 Å². The number of rotatable bonds is 4. The van der Waals surface area contributed by atoms with E-state index in [1.165, 1.54) is 0 Å². The second-order valence-electron chi connectivity index (χ2n) is 3.73. The number of hydrogen-bond acceptors (Lipinski definition) is 2. The summed E-state index contributed by atoms with van der Waals surface area (Å²) in [7, 11) is 0. The van der Waals surface area contributed by atoms with E-state index >= 15 is 0 Å². The van der Waals surface area contributed by atoms with Gasteiger partial charge in [-0.1, -0.05) is 26.7 Å². The Morgan fingerprint density at radius 1 is 1.38 bits per heavy atom. The first-order valence-electron chi connectivity index (χ1n) is 5.01. The van der Waals surface area contributed by atoms with Crippen molar-refractivity contribution in [2.24, 2.45) is 11.8 Å². The molecule has 1 atom stereocenters. The molecule has 1 aliphatic heterocycles. The highest BCUT2D eigenvalue weighted by Crippen LogP contribution is 2.24. The molecule has 13 heavy (non-hydrogen) atoms. The summed E-state index contributed by atoms with van der Waals surface area (Å²) in [6, 6.07) is 0. The van der Waals surface area contributed by atoms with E-state index in [1.807, 2.05) is 0 Å². The van der Waals surface area contributed by atoms with Gasteiger partial charge in [-0.25, -0.2) is 0 Å². The van der Waals surface area contributed by atoms with Crippen molar-refractivity contribution in [2.75, 3.05) is 0 Å². The van der Waals surface area contributed by atoms with Crippen LogP contribution in [0.1, 0.15) is 39.5 Å². The summed E-state index contributed by atoms with van der Waals surface area (Å²) in [6.07, 6.45) is 3.45. The first-order valence-corrected chi connectivity index (χ1v) is 5.01. The molecule has 0 aromatic heterocycles. The molecule has 2 amide bonds. The molecule has 1 N–H and O–H groups in total. The predicted octanol–water partition coefficient (Wildman–Crippen LogP) is 1.48. The summed E-state index contributed by atoms with van der Waals surface area (Å²) >= 11 is 0. The molecule has 74 valence electrons. The van der Waals surface area contributed by atoms with E-state index in [0.29, 0.717) is 12.3 Å². The standard InChI is InChI=1S/C10H17NO2/c1-3-7(4-2)5-8-6-9(12)11-10(8)13/h7-8H,3-6H2,1-2H3,(H,11,12,13). The molecule has 0 spiro atoms. The molecule has 1 saturated heterocycles. The van der Waals surface area contributed by atoms with E-state index in [-0.39, 0.29) is 17.7 Å². The maximum atomic E-state index is 11.2. The molecule has 1 heterocycles. The maximum absolute atomic E-state index is 11.2. The van der Waals surface area contributed by atoms with Crippen LogP contribution in [0.15, 0.2) is 0 Å². The van der Waals surface area contributed by atoms with Gasteiger partial charge in [0.15, 0.2) is 0 Å². The van der Waals surface area contributed by atoms with E-state index in [1.54, 1.807) is 0 Å². The third-order valence-corrected chi connectivity index (χ3v) is 2.84. The molecular weight excluding hydrogens is 166 g/mol. The molecule has 0 aromatic rings. The zero-order chi connectivity index (χ0) is 9.84. The van der Waals surface area contributed by atoms with Gasteiger partial charge in [0.2, 0.25) is 11.8 Å². The third-order valence-electron chi connectivity index (χ3n) is 2.84. The summed E-state index contributed by atoms with van der Waals surface area (Å²) in [5, 5.41) is 2.34. The van der Waals surface area contributed by atoms with Gasteiger partial charge in [0, 0.05) is 12.3 Å². The van der Waals surface area contributed by atoms with E-state index in [4.69, 9.17) is 0 Å². The van der Waals surface area contributed by atoms with Gasteiger partial charge in [0.1, 0.15) is 0 Å². The lowest BCUT2D eigenvalue weighted by atomic mass is 9.90. The van der Waals surface area contributed by atoms with Crippen molar-refractivity contribution in [2.45, 2.75) is 39.5 Å². The van der Waals surface area contributed by atoms with Gasteiger partial charge in [-0.15, -0.1) is 0 Å². The van der Waals surface area contributed by atoms with Crippen LogP contribution < -0.4 is 5.32 Å². The van der Waals surface area contributed by atoms with E-state index < -0.39 is 0 Å². The monoisotopic (exact) mass is 183 g/mol. The van der Waals surface area contributed by atoms with Crippen LogP contribution in [0.5, 0.6) is 0 Å². The van der Waals surface area contributed by atoms with Crippen LogP contribution in [0.25, 0.3) is 0 Å². The molecule has 3 heteroatoms. The van der Waals surface area contributed by atoms with Gasteiger partial charge in [-0.3, -0.25) is 14.9 Å². The lowest BCUT2D eigenvalue weighted by Crippen LogP contribution is -2.23. The summed E-state index contributed by atoms with van der Waals surface area (Å²) in [6.45, 7) is 4.26. The maximum Gasteiger partial charge on any atom is 0.230 e. The Bertz CT molecular complexity index is 209. The molecule has 0 saturated carbocycles. The Balaban J connectivity index is 2.44. The fourth-order valence-corrected chi connectivity index (χ4v) is 1.82. The van der Waals surface area contributed by atoms with Gasteiger partial charge in [-0.05, 0) is 12.3 Å².